The number of aromatic nitrogens is 4. The molecule has 0 radical (unpaired) electrons. The molecule has 1 aliphatic rings. The van der Waals surface area contributed by atoms with Gasteiger partial charge in [0, 0.05) is 45.0 Å². The van der Waals surface area contributed by atoms with Gasteiger partial charge in [0.2, 0.25) is 0 Å². The van der Waals surface area contributed by atoms with Crippen LogP contribution in [0.25, 0.3) is 0 Å². The van der Waals surface area contributed by atoms with E-state index in [-0.39, 0.29) is 5.91 Å². The van der Waals surface area contributed by atoms with Crippen LogP contribution in [-0.4, -0.2) is 62.5 Å². The highest BCUT2D eigenvalue weighted by molar-refractivity contribution is 5.92. The van der Waals surface area contributed by atoms with Crippen LogP contribution in [0.15, 0.2) is 24.5 Å². The molecule has 0 fully saturated rings. The zero-order chi connectivity index (χ0) is 15.7. The maximum atomic E-state index is 12.8. The van der Waals surface area contributed by atoms with Crippen molar-refractivity contribution in [3.8, 4) is 0 Å². The first-order valence-electron chi connectivity index (χ1n) is 7.47. The molecule has 1 atom stereocenters. The fourth-order valence-electron chi connectivity index (χ4n) is 3.07. The van der Waals surface area contributed by atoms with Gasteiger partial charge in [-0.15, -0.1) is 0 Å². The van der Waals surface area contributed by atoms with Crippen LogP contribution in [0.2, 0.25) is 0 Å². The van der Waals surface area contributed by atoms with Crippen LogP contribution in [0.4, 0.5) is 0 Å². The van der Waals surface area contributed by atoms with Crippen molar-refractivity contribution in [1.29, 1.82) is 0 Å². The van der Waals surface area contributed by atoms with E-state index < -0.39 is 0 Å². The Morgan fingerprint density at radius 3 is 2.73 bits per heavy atom. The van der Waals surface area contributed by atoms with Crippen molar-refractivity contribution in [1.82, 2.24) is 29.4 Å². The number of hydrogen-bond acceptors (Lipinski definition) is 4. The normalized spacial score (nSPS) is 18.4. The summed E-state index contributed by atoms with van der Waals surface area (Å²) in [6.45, 7) is 3.09. The molecular formula is C15H22N6O. The highest BCUT2D eigenvalue weighted by Crippen LogP contribution is 2.18. The number of carbonyl (C=O) groups excluding carboxylic acids is 1. The molecule has 3 rings (SSSR count). The van der Waals surface area contributed by atoms with Gasteiger partial charge >= 0.3 is 0 Å². The smallest absolute Gasteiger partial charge is 0.272 e. The van der Waals surface area contributed by atoms with Crippen LogP contribution in [0.5, 0.6) is 0 Å². The summed E-state index contributed by atoms with van der Waals surface area (Å²) in [7, 11) is 5.91. The molecule has 1 aliphatic heterocycles. The lowest BCUT2D eigenvalue weighted by atomic mass is 10.1. The summed E-state index contributed by atoms with van der Waals surface area (Å²) in [6.07, 6.45) is 3.46. The molecule has 22 heavy (non-hydrogen) atoms. The molecule has 0 N–H and O–H groups in total. The second kappa shape index (κ2) is 5.92. The second-order valence-electron chi connectivity index (χ2n) is 6.16. The van der Waals surface area contributed by atoms with Gasteiger partial charge in [0.1, 0.15) is 5.69 Å². The fraction of sp³-hybridized carbons (Fsp3) is 0.533. The first-order chi connectivity index (χ1) is 10.5. The minimum absolute atomic E-state index is 0.0263. The van der Waals surface area contributed by atoms with E-state index in [0.29, 0.717) is 18.2 Å². The Morgan fingerprint density at radius 2 is 2.05 bits per heavy atom. The third kappa shape index (κ3) is 2.89. The Kier molecular flexibility index (Phi) is 3.98. The SMILES string of the molecule is CN(C)CC1CN(C(=O)c2ccnn2C)Cc2ccnn2C1. The minimum Gasteiger partial charge on any atom is -0.331 e. The van der Waals surface area contributed by atoms with E-state index in [1.807, 2.05) is 15.6 Å². The quantitative estimate of drug-likeness (QED) is 0.826. The first kappa shape index (κ1) is 14.8. The fourth-order valence-corrected chi connectivity index (χ4v) is 3.07. The van der Waals surface area contributed by atoms with E-state index in [0.717, 1.165) is 25.3 Å². The van der Waals surface area contributed by atoms with E-state index in [9.17, 15) is 4.79 Å². The molecule has 7 heteroatoms. The number of hydrogen-bond donors (Lipinski definition) is 0. The summed E-state index contributed by atoms with van der Waals surface area (Å²) in [6, 6.07) is 3.76. The predicted molar refractivity (Wildman–Crippen MR) is 82.2 cm³/mol. The molecule has 0 spiro atoms. The number of amides is 1. The highest BCUT2D eigenvalue weighted by Gasteiger charge is 2.27. The van der Waals surface area contributed by atoms with Gasteiger partial charge in [-0.3, -0.25) is 14.2 Å². The summed E-state index contributed by atoms with van der Waals surface area (Å²) in [5, 5.41) is 8.49. The maximum absolute atomic E-state index is 12.8. The molecule has 1 amide bonds. The second-order valence-corrected chi connectivity index (χ2v) is 6.16. The largest absolute Gasteiger partial charge is 0.331 e. The Bertz CT molecular complexity index is 659. The van der Waals surface area contributed by atoms with Crippen molar-refractivity contribution in [2.24, 2.45) is 13.0 Å². The number of nitrogens with zero attached hydrogens (tertiary/aromatic N) is 6. The van der Waals surface area contributed by atoms with Gasteiger partial charge in [-0.25, -0.2) is 0 Å². The van der Waals surface area contributed by atoms with E-state index in [2.05, 4.69) is 29.2 Å². The number of fused-ring (bicyclic) bond motifs is 1. The first-order valence-corrected chi connectivity index (χ1v) is 7.47. The number of aryl methyl sites for hydroxylation is 1. The van der Waals surface area contributed by atoms with Crippen LogP contribution < -0.4 is 0 Å². The summed E-state index contributed by atoms with van der Waals surface area (Å²) < 4.78 is 3.65. The van der Waals surface area contributed by atoms with E-state index in [1.165, 1.54) is 0 Å². The summed E-state index contributed by atoms with van der Waals surface area (Å²) in [5.74, 6) is 0.381. The van der Waals surface area contributed by atoms with Crippen LogP contribution in [0.1, 0.15) is 16.2 Å². The minimum atomic E-state index is 0.0263. The molecule has 0 aromatic carbocycles. The van der Waals surface area contributed by atoms with E-state index in [4.69, 9.17) is 0 Å². The molecule has 118 valence electrons. The molecule has 0 saturated heterocycles. The Hall–Kier alpha value is -2.15. The molecule has 7 nitrogen and oxygen atoms in total. The van der Waals surface area contributed by atoms with Crippen molar-refractivity contribution in [2.45, 2.75) is 13.1 Å². The monoisotopic (exact) mass is 302 g/mol. The zero-order valence-corrected chi connectivity index (χ0v) is 13.3. The van der Waals surface area contributed by atoms with Crippen molar-refractivity contribution < 1.29 is 4.79 Å². The molecule has 2 aromatic rings. The van der Waals surface area contributed by atoms with Crippen molar-refractivity contribution in [3.63, 3.8) is 0 Å². The standard InChI is InChI=1S/C15H22N6O/c1-18(2)8-12-9-20(11-13-4-6-17-21(13)10-12)15(22)14-5-7-16-19(14)3/h4-7,12H,8-11H2,1-3H3. The van der Waals surface area contributed by atoms with E-state index >= 15 is 0 Å². The van der Waals surface area contributed by atoms with Gasteiger partial charge in [-0.05, 0) is 26.2 Å². The lowest BCUT2D eigenvalue weighted by Crippen LogP contribution is -2.38. The molecule has 0 bridgehead atoms. The van der Waals surface area contributed by atoms with Crippen molar-refractivity contribution in [3.05, 3.63) is 35.9 Å². The molecule has 1 unspecified atom stereocenters. The topological polar surface area (TPSA) is 59.2 Å². The predicted octanol–water partition coefficient (Wildman–Crippen LogP) is 0.450. The van der Waals surface area contributed by atoms with Gasteiger partial charge in [0.15, 0.2) is 0 Å². The summed E-state index contributed by atoms with van der Waals surface area (Å²) in [4.78, 5) is 16.9. The lowest BCUT2D eigenvalue weighted by Gasteiger charge is -2.25. The molecular weight excluding hydrogens is 280 g/mol. The summed E-state index contributed by atoms with van der Waals surface area (Å²) >= 11 is 0. The van der Waals surface area contributed by atoms with Gasteiger partial charge in [-0.1, -0.05) is 0 Å². The molecule has 3 heterocycles. The average molecular weight is 302 g/mol. The van der Waals surface area contributed by atoms with Gasteiger partial charge in [0.05, 0.1) is 12.2 Å². The average Bonchev–Trinajstić information content (AvgIpc) is 3.02. The third-order valence-corrected chi connectivity index (χ3v) is 4.02. The van der Waals surface area contributed by atoms with Crippen LogP contribution in [0.3, 0.4) is 0 Å². The highest BCUT2D eigenvalue weighted by atomic mass is 16.2. The summed E-state index contributed by atoms with van der Waals surface area (Å²) in [5.41, 5.74) is 1.70. The van der Waals surface area contributed by atoms with Gasteiger partial charge < -0.3 is 9.80 Å². The van der Waals surface area contributed by atoms with Crippen molar-refractivity contribution in [2.75, 3.05) is 27.2 Å². The Balaban J connectivity index is 1.87. The lowest BCUT2D eigenvalue weighted by molar-refractivity contribution is 0.0700. The number of rotatable bonds is 3. The molecule has 0 aliphatic carbocycles. The molecule has 0 saturated carbocycles. The number of carbonyl (C=O) groups is 1. The Labute approximate surface area is 130 Å². The van der Waals surface area contributed by atoms with Crippen LogP contribution >= 0.6 is 0 Å². The van der Waals surface area contributed by atoms with Crippen LogP contribution in [0, 0.1) is 5.92 Å². The molecule has 2 aromatic heterocycles. The Morgan fingerprint density at radius 1 is 1.27 bits per heavy atom. The third-order valence-electron chi connectivity index (χ3n) is 4.02. The van der Waals surface area contributed by atoms with Crippen molar-refractivity contribution >= 4 is 5.91 Å². The van der Waals surface area contributed by atoms with Gasteiger partial charge in [-0.2, -0.15) is 10.2 Å². The zero-order valence-electron chi connectivity index (χ0n) is 13.3. The van der Waals surface area contributed by atoms with E-state index in [1.54, 1.807) is 30.2 Å². The van der Waals surface area contributed by atoms with Gasteiger partial charge in [0.25, 0.3) is 5.91 Å². The van der Waals surface area contributed by atoms with Crippen LogP contribution in [-0.2, 0) is 20.1 Å². The maximum Gasteiger partial charge on any atom is 0.272 e.